The van der Waals surface area contributed by atoms with E-state index in [9.17, 15) is 9.59 Å². The average molecular weight is 370 g/mol. The molecular formula is C21H30N4O2. The van der Waals surface area contributed by atoms with E-state index >= 15 is 0 Å². The highest BCUT2D eigenvalue weighted by molar-refractivity contribution is 6.01. The quantitative estimate of drug-likeness (QED) is 0.783. The first kappa shape index (κ1) is 18.4. The zero-order chi connectivity index (χ0) is 18.6. The Balaban J connectivity index is 1.34. The van der Waals surface area contributed by atoms with Crippen molar-refractivity contribution in [2.75, 3.05) is 50.7 Å². The SMILES string of the molecule is O=C1CCC(c2cccc(N3CCC(CN4CCNCC4)CC3)c2)C(=O)N1. The molecule has 0 aliphatic carbocycles. The summed E-state index contributed by atoms with van der Waals surface area (Å²) in [5.41, 5.74) is 2.23. The lowest BCUT2D eigenvalue weighted by Crippen LogP contribution is -2.46. The van der Waals surface area contributed by atoms with E-state index in [1.807, 2.05) is 12.1 Å². The fourth-order valence-electron chi connectivity index (χ4n) is 4.58. The molecule has 3 saturated heterocycles. The molecule has 3 heterocycles. The van der Waals surface area contributed by atoms with E-state index in [0.717, 1.165) is 37.7 Å². The molecule has 2 N–H and O–H groups in total. The van der Waals surface area contributed by atoms with E-state index in [1.54, 1.807) is 0 Å². The van der Waals surface area contributed by atoms with Gasteiger partial charge in [0, 0.05) is 57.9 Å². The van der Waals surface area contributed by atoms with Crippen LogP contribution in [0.4, 0.5) is 5.69 Å². The normalized spacial score (nSPS) is 25.5. The van der Waals surface area contributed by atoms with Gasteiger partial charge in [-0.05, 0) is 42.9 Å². The molecule has 0 aromatic heterocycles. The first-order chi connectivity index (χ1) is 13.2. The van der Waals surface area contributed by atoms with Crippen LogP contribution in [-0.4, -0.2) is 62.5 Å². The van der Waals surface area contributed by atoms with Crippen molar-refractivity contribution in [2.24, 2.45) is 5.92 Å². The standard InChI is InChI=1S/C21H30N4O2/c26-20-5-4-19(21(27)23-20)17-2-1-3-18(14-17)25-10-6-16(7-11-25)15-24-12-8-22-9-13-24/h1-3,14,16,19,22H,4-13,15H2,(H,23,26,27). The molecule has 3 aliphatic heterocycles. The minimum absolute atomic E-state index is 0.154. The topological polar surface area (TPSA) is 64.7 Å². The van der Waals surface area contributed by atoms with E-state index in [4.69, 9.17) is 0 Å². The molecular weight excluding hydrogens is 340 g/mol. The summed E-state index contributed by atoms with van der Waals surface area (Å²) in [5, 5.41) is 5.89. The van der Waals surface area contributed by atoms with Gasteiger partial charge in [-0.2, -0.15) is 0 Å². The second-order valence-corrected chi connectivity index (χ2v) is 8.08. The van der Waals surface area contributed by atoms with Gasteiger partial charge in [0.05, 0.1) is 5.92 Å². The molecule has 1 unspecified atom stereocenters. The number of carbonyl (C=O) groups is 2. The third kappa shape index (κ3) is 4.50. The molecule has 6 nitrogen and oxygen atoms in total. The van der Waals surface area contributed by atoms with Crippen LogP contribution in [0, 0.1) is 5.92 Å². The van der Waals surface area contributed by atoms with Crippen LogP contribution in [0.15, 0.2) is 24.3 Å². The monoisotopic (exact) mass is 370 g/mol. The lowest BCUT2D eigenvalue weighted by Gasteiger charge is -2.37. The molecule has 0 saturated carbocycles. The van der Waals surface area contributed by atoms with E-state index in [-0.39, 0.29) is 17.7 Å². The fraction of sp³-hybridized carbons (Fsp3) is 0.619. The van der Waals surface area contributed by atoms with Crippen LogP contribution in [0.5, 0.6) is 0 Å². The molecule has 0 bridgehead atoms. The zero-order valence-electron chi connectivity index (χ0n) is 16.0. The van der Waals surface area contributed by atoms with Crippen LogP contribution >= 0.6 is 0 Å². The Labute approximate surface area is 161 Å². The number of piperidine rings is 2. The summed E-state index contributed by atoms with van der Waals surface area (Å²) < 4.78 is 0. The van der Waals surface area contributed by atoms with Gasteiger partial charge in [-0.25, -0.2) is 0 Å². The Morgan fingerprint density at radius 2 is 1.78 bits per heavy atom. The maximum atomic E-state index is 12.2. The van der Waals surface area contributed by atoms with Crippen LogP contribution in [0.25, 0.3) is 0 Å². The van der Waals surface area contributed by atoms with Crippen molar-refractivity contribution in [2.45, 2.75) is 31.6 Å². The van der Waals surface area contributed by atoms with Crippen LogP contribution in [0.2, 0.25) is 0 Å². The van der Waals surface area contributed by atoms with Gasteiger partial charge in [-0.1, -0.05) is 12.1 Å². The van der Waals surface area contributed by atoms with Gasteiger partial charge in [0.25, 0.3) is 0 Å². The third-order valence-corrected chi connectivity index (χ3v) is 6.22. The minimum atomic E-state index is -0.201. The average Bonchev–Trinajstić information content (AvgIpc) is 2.69. The number of benzene rings is 1. The molecule has 3 aliphatic rings. The first-order valence-corrected chi connectivity index (χ1v) is 10.3. The van der Waals surface area contributed by atoms with Gasteiger partial charge in [0.1, 0.15) is 0 Å². The second kappa shape index (κ2) is 8.40. The van der Waals surface area contributed by atoms with Crippen molar-refractivity contribution in [3.8, 4) is 0 Å². The lowest BCUT2D eigenvalue weighted by atomic mass is 9.90. The predicted molar refractivity (Wildman–Crippen MR) is 106 cm³/mol. The molecule has 1 aromatic carbocycles. The summed E-state index contributed by atoms with van der Waals surface area (Å²) in [6.07, 6.45) is 3.50. The summed E-state index contributed by atoms with van der Waals surface area (Å²) in [7, 11) is 0. The Kier molecular flexibility index (Phi) is 5.74. The van der Waals surface area contributed by atoms with Crippen molar-refractivity contribution < 1.29 is 9.59 Å². The van der Waals surface area contributed by atoms with Gasteiger partial charge in [0.2, 0.25) is 11.8 Å². The van der Waals surface area contributed by atoms with Crippen molar-refractivity contribution in [1.82, 2.24) is 15.5 Å². The summed E-state index contributed by atoms with van der Waals surface area (Å²) >= 11 is 0. The Hall–Kier alpha value is -1.92. The number of hydrogen-bond acceptors (Lipinski definition) is 5. The molecule has 3 fully saturated rings. The predicted octanol–water partition coefficient (Wildman–Crippen LogP) is 1.33. The Bertz CT molecular complexity index is 679. The summed E-state index contributed by atoms with van der Waals surface area (Å²) in [5.74, 6) is 0.280. The molecule has 2 amide bonds. The van der Waals surface area contributed by atoms with Crippen LogP contribution in [0.1, 0.15) is 37.2 Å². The first-order valence-electron chi connectivity index (χ1n) is 10.3. The summed E-state index contributed by atoms with van der Waals surface area (Å²) in [6.45, 7) is 7.97. The number of carbonyl (C=O) groups excluding carboxylic acids is 2. The molecule has 6 heteroatoms. The largest absolute Gasteiger partial charge is 0.372 e. The zero-order valence-corrected chi connectivity index (χ0v) is 16.0. The molecule has 4 rings (SSSR count). The van der Waals surface area contributed by atoms with Crippen LogP contribution < -0.4 is 15.5 Å². The number of hydrogen-bond donors (Lipinski definition) is 2. The van der Waals surface area contributed by atoms with Gasteiger partial charge >= 0.3 is 0 Å². The molecule has 0 spiro atoms. The van der Waals surface area contributed by atoms with E-state index < -0.39 is 0 Å². The summed E-state index contributed by atoms with van der Waals surface area (Å²) in [6, 6.07) is 8.35. The van der Waals surface area contributed by atoms with Crippen molar-refractivity contribution in [3.05, 3.63) is 29.8 Å². The maximum absolute atomic E-state index is 12.2. The number of amides is 2. The van der Waals surface area contributed by atoms with E-state index in [1.165, 1.54) is 38.2 Å². The maximum Gasteiger partial charge on any atom is 0.234 e. The highest BCUT2D eigenvalue weighted by Gasteiger charge is 2.29. The number of nitrogens with zero attached hydrogens (tertiary/aromatic N) is 2. The van der Waals surface area contributed by atoms with Crippen molar-refractivity contribution >= 4 is 17.5 Å². The molecule has 1 atom stereocenters. The highest BCUT2D eigenvalue weighted by Crippen LogP contribution is 2.30. The number of anilines is 1. The highest BCUT2D eigenvalue weighted by atomic mass is 16.2. The molecule has 146 valence electrons. The fourth-order valence-corrected chi connectivity index (χ4v) is 4.58. The smallest absolute Gasteiger partial charge is 0.234 e. The third-order valence-electron chi connectivity index (χ3n) is 6.22. The lowest BCUT2D eigenvalue weighted by molar-refractivity contribution is -0.134. The molecule has 27 heavy (non-hydrogen) atoms. The van der Waals surface area contributed by atoms with Crippen LogP contribution in [0.3, 0.4) is 0 Å². The second-order valence-electron chi connectivity index (χ2n) is 8.08. The van der Waals surface area contributed by atoms with E-state index in [2.05, 4.69) is 32.6 Å². The minimum Gasteiger partial charge on any atom is -0.372 e. The summed E-state index contributed by atoms with van der Waals surface area (Å²) in [4.78, 5) is 28.6. The number of imide groups is 1. The Morgan fingerprint density at radius 3 is 2.52 bits per heavy atom. The number of piperazine rings is 1. The van der Waals surface area contributed by atoms with Gasteiger partial charge in [-0.3, -0.25) is 14.9 Å². The molecule has 0 radical (unpaired) electrons. The molecule has 1 aromatic rings. The van der Waals surface area contributed by atoms with Crippen LogP contribution in [-0.2, 0) is 9.59 Å². The van der Waals surface area contributed by atoms with Crippen molar-refractivity contribution in [1.29, 1.82) is 0 Å². The van der Waals surface area contributed by atoms with Gasteiger partial charge < -0.3 is 15.1 Å². The van der Waals surface area contributed by atoms with Gasteiger partial charge in [-0.15, -0.1) is 0 Å². The Morgan fingerprint density at radius 1 is 1.00 bits per heavy atom. The van der Waals surface area contributed by atoms with E-state index in [0.29, 0.717) is 12.8 Å². The number of nitrogens with one attached hydrogen (secondary N) is 2. The number of rotatable bonds is 4. The van der Waals surface area contributed by atoms with Gasteiger partial charge in [0.15, 0.2) is 0 Å². The van der Waals surface area contributed by atoms with Crippen molar-refractivity contribution in [3.63, 3.8) is 0 Å².